The molecule has 0 saturated heterocycles. The van der Waals surface area contributed by atoms with Crippen LogP contribution in [-0.2, 0) is 11.2 Å². The number of ether oxygens (including phenoxy) is 1. The van der Waals surface area contributed by atoms with Crippen LogP contribution in [0.2, 0.25) is 0 Å². The van der Waals surface area contributed by atoms with Crippen LogP contribution in [0, 0.1) is 11.6 Å². The molecule has 0 saturated carbocycles. The summed E-state index contributed by atoms with van der Waals surface area (Å²) >= 11 is 0. The summed E-state index contributed by atoms with van der Waals surface area (Å²) in [5.74, 6) is -1.20. The fourth-order valence-corrected chi connectivity index (χ4v) is 2.21. The van der Waals surface area contributed by atoms with E-state index < -0.39 is 23.2 Å². The van der Waals surface area contributed by atoms with Gasteiger partial charge in [0, 0.05) is 13.0 Å². The predicted molar refractivity (Wildman–Crippen MR) is 89.2 cm³/mol. The molecule has 0 spiro atoms. The number of carbonyl (C=O) groups is 1. The molecular weight excluding hydrogens is 314 g/mol. The zero-order valence-corrected chi connectivity index (χ0v) is 13.4. The molecule has 1 amide bonds. The molecule has 0 bridgehead atoms. The normalized spacial score (nSPS) is 10.5. The van der Waals surface area contributed by atoms with Gasteiger partial charge in [0.05, 0.1) is 7.11 Å². The molecule has 2 aromatic carbocycles. The van der Waals surface area contributed by atoms with Crippen molar-refractivity contribution in [3.8, 4) is 5.75 Å². The number of hydrogen-bond acceptors (Lipinski definition) is 3. The third-order valence-electron chi connectivity index (χ3n) is 3.48. The number of amides is 1. The van der Waals surface area contributed by atoms with Gasteiger partial charge in [-0.05, 0) is 42.8 Å². The van der Waals surface area contributed by atoms with Crippen molar-refractivity contribution in [2.24, 2.45) is 0 Å². The first kappa shape index (κ1) is 17.9. The van der Waals surface area contributed by atoms with Crippen LogP contribution in [0.4, 0.5) is 14.5 Å². The molecule has 0 fully saturated rings. The van der Waals surface area contributed by atoms with Crippen molar-refractivity contribution in [3.63, 3.8) is 0 Å². The summed E-state index contributed by atoms with van der Waals surface area (Å²) < 4.78 is 32.0. The van der Waals surface area contributed by atoms with Crippen molar-refractivity contribution in [3.05, 3.63) is 59.7 Å². The van der Waals surface area contributed by atoms with E-state index in [0.717, 1.165) is 29.9 Å². The quantitative estimate of drug-likeness (QED) is 0.729. The SMILES string of the molecule is COc1cccc(CCNCCC(=O)Nc2c(F)cccc2F)c1. The summed E-state index contributed by atoms with van der Waals surface area (Å²) in [5.41, 5.74) is 0.721. The molecule has 0 aliphatic rings. The second kappa shape index (κ2) is 8.98. The van der Waals surface area contributed by atoms with E-state index in [1.165, 1.54) is 6.07 Å². The standard InChI is InChI=1S/C18H20F2N2O2/c1-24-14-5-2-4-13(12-14)8-10-21-11-9-17(23)22-18-15(19)6-3-7-16(18)20/h2-7,12,21H,8-11H2,1H3,(H,22,23). The lowest BCUT2D eigenvalue weighted by Gasteiger charge is -2.08. The fourth-order valence-electron chi connectivity index (χ4n) is 2.21. The third-order valence-corrected chi connectivity index (χ3v) is 3.48. The first-order chi connectivity index (χ1) is 11.6. The van der Waals surface area contributed by atoms with Crippen molar-refractivity contribution in [1.29, 1.82) is 0 Å². The van der Waals surface area contributed by atoms with Crippen molar-refractivity contribution in [1.82, 2.24) is 5.32 Å². The molecule has 0 aliphatic carbocycles. The van der Waals surface area contributed by atoms with Crippen LogP contribution in [0.5, 0.6) is 5.75 Å². The number of benzene rings is 2. The highest BCUT2D eigenvalue weighted by atomic mass is 19.1. The number of carbonyl (C=O) groups excluding carboxylic acids is 1. The molecule has 24 heavy (non-hydrogen) atoms. The molecule has 128 valence electrons. The predicted octanol–water partition coefficient (Wildman–Crippen LogP) is 3.13. The van der Waals surface area contributed by atoms with Crippen LogP contribution in [-0.4, -0.2) is 26.1 Å². The van der Waals surface area contributed by atoms with Gasteiger partial charge in [0.15, 0.2) is 0 Å². The van der Waals surface area contributed by atoms with Crippen molar-refractivity contribution in [2.45, 2.75) is 12.8 Å². The van der Waals surface area contributed by atoms with E-state index in [2.05, 4.69) is 10.6 Å². The van der Waals surface area contributed by atoms with Gasteiger partial charge in [0.25, 0.3) is 0 Å². The van der Waals surface area contributed by atoms with Gasteiger partial charge in [-0.25, -0.2) is 8.78 Å². The second-order valence-corrected chi connectivity index (χ2v) is 5.25. The van der Waals surface area contributed by atoms with Gasteiger partial charge in [-0.15, -0.1) is 0 Å². The summed E-state index contributed by atoms with van der Waals surface area (Å²) in [7, 11) is 1.62. The highest BCUT2D eigenvalue weighted by Gasteiger charge is 2.11. The van der Waals surface area contributed by atoms with Crippen LogP contribution in [0.15, 0.2) is 42.5 Å². The van der Waals surface area contributed by atoms with Gasteiger partial charge in [0.2, 0.25) is 5.91 Å². The Bertz CT molecular complexity index is 672. The Labute approximate surface area is 139 Å². The van der Waals surface area contributed by atoms with Gasteiger partial charge in [-0.3, -0.25) is 4.79 Å². The highest BCUT2D eigenvalue weighted by Crippen LogP contribution is 2.18. The Morgan fingerprint density at radius 3 is 2.50 bits per heavy atom. The summed E-state index contributed by atoms with van der Waals surface area (Å²) in [6.07, 6.45) is 0.923. The largest absolute Gasteiger partial charge is 0.497 e. The van der Waals surface area contributed by atoms with Gasteiger partial charge in [-0.2, -0.15) is 0 Å². The Hall–Kier alpha value is -2.47. The second-order valence-electron chi connectivity index (χ2n) is 5.25. The van der Waals surface area contributed by atoms with E-state index in [9.17, 15) is 13.6 Å². The lowest BCUT2D eigenvalue weighted by molar-refractivity contribution is -0.116. The zero-order chi connectivity index (χ0) is 17.4. The maximum atomic E-state index is 13.4. The van der Waals surface area contributed by atoms with E-state index >= 15 is 0 Å². The highest BCUT2D eigenvalue weighted by molar-refractivity contribution is 5.91. The lowest BCUT2D eigenvalue weighted by atomic mass is 10.1. The van der Waals surface area contributed by atoms with Gasteiger partial charge in [-0.1, -0.05) is 18.2 Å². The smallest absolute Gasteiger partial charge is 0.225 e. The fraction of sp³-hybridized carbons (Fsp3) is 0.278. The van der Waals surface area contributed by atoms with E-state index in [4.69, 9.17) is 4.74 Å². The third kappa shape index (κ3) is 5.31. The number of hydrogen-bond donors (Lipinski definition) is 2. The van der Waals surface area contributed by atoms with Crippen LogP contribution in [0.25, 0.3) is 0 Å². The maximum Gasteiger partial charge on any atom is 0.225 e. The summed E-state index contributed by atoms with van der Waals surface area (Å²) in [4.78, 5) is 11.7. The van der Waals surface area contributed by atoms with E-state index in [1.807, 2.05) is 24.3 Å². The molecule has 0 unspecified atom stereocenters. The minimum Gasteiger partial charge on any atom is -0.497 e. The monoisotopic (exact) mass is 334 g/mol. The number of nitrogens with one attached hydrogen (secondary N) is 2. The summed E-state index contributed by atoms with van der Waals surface area (Å²) in [6, 6.07) is 11.2. The molecule has 4 nitrogen and oxygen atoms in total. The molecule has 6 heteroatoms. The average Bonchev–Trinajstić information content (AvgIpc) is 2.58. The van der Waals surface area contributed by atoms with E-state index in [0.29, 0.717) is 13.1 Å². The molecular formula is C18H20F2N2O2. The summed E-state index contributed by atoms with van der Waals surface area (Å²) in [6.45, 7) is 1.11. The van der Waals surface area contributed by atoms with Gasteiger partial charge in [0.1, 0.15) is 23.1 Å². The van der Waals surface area contributed by atoms with Crippen molar-refractivity contribution >= 4 is 11.6 Å². The minimum absolute atomic E-state index is 0.131. The zero-order valence-electron chi connectivity index (χ0n) is 13.4. The maximum absolute atomic E-state index is 13.4. The van der Waals surface area contributed by atoms with Crippen LogP contribution in [0.3, 0.4) is 0 Å². The van der Waals surface area contributed by atoms with E-state index in [-0.39, 0.29) is 6.42 Å². The van der Waals surface area contributed by atoms with Crippen LogP contribution in [0.1, 0.15) is 12.0 Å². The molecule has 0 atom stereocenters. The van der Waals surface area contributed by atoms with Gasteiger partial charge >= 0.3 is 0 Å². The molecule has 2 rings (SSSR count). The van der Waals surface area contributed by atoms with E-state index in [1.54, 1.807) is 7.11 Å². The molecule has 2 aromatic rings. The lowest BCUT2D eigenvalue weighted by Crippen LogP contribution is -2.24. The number of para-hydroxylation sites is 1. The minimum atomic E-state index is -0.783. The Kier molecular flexibility index (Phi) is 6.69. The van der Waals surface area contributed by atoms with Gasteiger partial charge < -0.3 is 15.4 Å². The Morgan fingerprint density at radius 1 is 1.08 bits per heavy atom. The number of rotatable bonds is 8. The molecule has 0 aromatic heterocycles. The molecule has 2 N–H and O–H groups in total. The molecule has 0 radical (unpaired) electrons. The Morgan fingerprint density at radius 2 is 1.79 bits per heavy atom. The number of methoxy groups -OCH3 is 1. The first-order valence-corrected chi connectivity index (χ1v) is 7.67. The summed E-state index contributed by atoms with van der Waals surface area (Å²) in [5, 5.41) is 5.38. The average molecular weight is 334 g/mol. The number of halogens is 2. The van der Waals surface area contributed by atoms with Crippen molar-refractivity contribution < 1.29 is 18.3 Å². The Balaban J connectivity index is 1.69. The first-order valence-electron chi connectivity index (χ1n) is 7.67. The molecule has 0 aliphatic heterocycles. The van der Waals surface area contributed by atoms with Crippen molar-refractivity contribution in [2.75, 3.05) is 25.5 Å². The van der Waals surface area contributed by atoms with Crippen LogP contribution < -0.4 is 15.4 Å². The molecule has 0 heterocycles. The number of anilines is 1. The van der Waals surface area contributed by atoms with Crippen LogP contribution >= 0.6 is 0 Å². The topological polar surface area (TPSA) is 50.4 Å².